The van der Waals surface area contributed by atoms with E-state index in [1.807, 2.05) is 67.6 Å². The Kier molecular flexibility index (Phi) is 7.75. The lowest BCUT2D eigenvalue weighted by molar-refractivity contribution is 0.340. The van der Waals surface area contributed by atoms with Crippen molar-refractivity contribution in [3.05, 3.63) is 101 Å². The maximum Gasteiger partial charge on any atom is 0.146 e. The second-order valence-corrected chi connectivity index (χ2v) is 8.27. The third-order valence-corrected chi connectivity index (χ3v) is 5.88. The predicted octanol–water partition coefficient (Wildman–Crippen LogP) is 8.09. The molecule has 0 aliphatic carbocycles. The molecule has 0 radical (unpaired) electrons. The Morgan fingerprint density at radius 3 is 2.55 bits per heavy atom. The van der Waals surface area contributed by atoms with Gasteiger partial charge in [-0.3, -0.25) is 0 Å². The molecule has 2 nitrogen and oxygen atoms in total. The number of anilines is 2. The van der Waals surface area contributed by atoms with Gasteiger partial charge in [0.15, 0.2) is 0 Å². The van der Waals surface area contributed by atoms with Crippen molar-refractivity contribution in [3.8, 4) is 5.75 Å². The highest BCUT2D eigenvalue weighted by atomic mass is 35.5. The summed E-state index contributed by atoms with van der Waals surface area (Å²) >= 11 is 6.40. The van der Waals surface area contributed by atoms with E-state index < -0.39 is 0 Å². The van der Waals surface area contributed by atoms with Crippen molar-refractivity contribution in [2.45, 2.75) is 38.5 Å². The molecular formula is C27H29ClFNO. The summed E-state index contributed by atoms with van der Waals surface area (Å²) < 4.78 is 19.8. The van der Waals surface area contributed by atoms with Gasteiger partial charge in [-0.15, -0.1) is 6.58 Å². The monoisotopic (exact) mass is 437 g/mol. The summed E-state index contributed by atoms with van der Waals surface area (Å²) in [7, 11) is 0. The topological polar surface area (TPSA) is 21.3 Å². The maximum atomic E-state index is 14.3. The zero-order valence-electron chi connectivity index (χ0n) is 18.1. The number of benzene rings is 3. The van der Waals surface area contributed by atoms with E-state index in [0.717, 1.165) is 36.1 Å². The molecule has 0 spiro atoms. The van der Waals surface area contributed by atoms with E-state index in [1.54, 1.807) is 0 Å². The van der Waals surface area contributed by atoms with E-state index in [9.17, 15) is 4.39 Å². The number of ether oxygens (including phenoxy) is 1. The van der Waals surface area contributed by atoms with E-state index in [0.29, 0.717) is 23.1 Å². The summed E-state index contributed by atoms with van der Waals surface area (Å²) in [5, 5.41) is 3.77. The first-order valence-electron chi connectivity index (χ1n) is 10.6. The largest absolute Gasteiger partial charge is 0.492 e. The van der Waals surface area contributed by atoms with Gasteiger partial charge >= 0.3 is 0 Å². The van der Waals surface area contributed by atoms with E-state index >= 15 is 0 Å². The predicted molar refractivity (Wildman–Crippen MR) is 129 cm³/mol. The molecule has 31 heavy (non-hydrogen) atoms. The van der Waals surface area contributed by atoms with Gasteiger partial charge < -0.3 is 10.1 Å². The van der Waals surface area contributed by atoms with Crippen LogP contribution in [0.1, 0.15) is 37.8 Å². The minimum absolute atomic E-state index is 0.209. The summed E-state index contributed by atoms with van der Waals surface area (Å²) in [4.78, 5) is 0. The van der Waals surface area contributed by atoms with Crippen LogP contribution in [0.2, 0.25) is 5.02 Å². The van der Waals surface area contributed by atoms with Crippen molar-refractivity contribution in [2.75, 3.05) is 11.9 Å². The Balaban J connectivity index is 1.67. The zero-order valence-corrected chi connectivity index (χ0v) is 18.9. The molecule has 0 aliphatic heterocycles. The molecule has 0 aliphatic rings. The standard InChI is InChI=1S/C27H29ClFNO/c1-4-27(3,21-14-16-26(31-5-2)23(28)19-21)17-9-10-20-13-15-24(29)25(18-20)30-22-11-7-6-8-12-22/h4,6-8,11-16,18-19,30H,1,5,9-10,17H2,2-3H3. The van der Waals surface area contributed by atoms with Gasteiger partial charge in [-0.25, -0.2) is 4.39 Å². The van der Waals surface area contributed by atoms with Crippen LogP contribution in [0, 0.1) is 5.82 Å². The number of rotatable bonds is 10. The van der Waals surface area contributed by atoms with E-state index in [1.165, 1.54) is 6.07 Å². The fourth-order valence-electron chi connectivity index (χ4n) is 3.65. The molecule has 1 N–H and O–H groups in total. The fourth-order valence-corrected chi connectivity index (χ4v) is 3.89. The Morgan fingerprint density at radius 2 is 1.87 bits per heavy atom. The van der Waals surface area contributed by atoms with Crippen molar-refractivity contribution >= 4 is 23.0 Å². The lowest BCUT2D eigenvalue weighted by Crippen LogP contribution is -2.19. The molecule has 162 valence electrons. The third-order valence-electron chi connectivity index (χ3n) is 5.59. The van der Waals surface area contributed by atoms with Crippen LogP contribution in [-0.4, -0.2) is 6.61 Å². The highest BCUT2D eigenvalue weighted by Crippen LogP contribution is 2.36. The van der Waals surface area contributed by atoms with E-state index in [2.05, 4.69) is 24.9 Å². The summed E-state index contributed by atoms with van der Waals surface area (Å²) in [6, 6.07) is 20.8. The van der Waals surface area contributed by atoms with Crippen molar-refractivity contribution in [2.24, 2.45) is 0 Å². The van der Waals surface area contributed by atoms with Crippen LogP contribution in [0.15, 0.2) is 79.4 Å². The van der Waals surface area contributed by atoms with Crippen molar-refractivity contribution in [1.29, 1.82) is 0 Å². The second kappa shape index (κ2) is 10.5. The van der Waals surface area contributed by atoms with Gasteiger partial charge in [0, 0.05) is 11.1 Å². The minimum Gasteiger partial charge on any atom is -0.492 e. The SMILES string of the molecule is C=CC(C)(CCCc1ccc(F)c(Nc2ccccc2)c1)c1ccc(OCC)c(Cl)c1. The van der Waals surface area contributed by atoms with Crippen LogP contribution >= 0.6 is 11.6 Å². The van der Waals surface area contributed by atoms with Gasteiger partial charge in [0.1, 0.15) is 11.6 Å². The summed E-state index contributed by atoms with van der Waals surface area (Å²) in [6.45, 7) is 8.75. The van der Waals surface area contributed by atoms with Crippen LogP contribution in [-0.2, 0) is 11.8 Å². The van der Waals surface area contributed by atoms with Crippen LogP contribution in [0.25, 0.3) is 0 Å². The number of hydrogen-bond donors (Lipinski definition) is 1. The van der Waals surface area contributed by atoms with E-state index in [-0.39, 0.29) is 11.2 Å². The molecule has 0 heterocycles. The molecule has 3 aromatic carbocycles. The maximum absolute atomic E-state index is 14.3. The lowest BCUT2D eigenvalue weighted by Gasteiger charge is -2.27. The van der Waals surface area contributed by atoms with Crippen molar-refractivity contribution in [3.63, 3.8) is 0 Å². The number of aryl methyl sites for hydroxylation is 1. The Morgan fingerprint density at radius 1 is 1.10 bits per heavy atom. The Hall–Kier alpha value is -2.78. The number of nitrogens with one attached hydrogen (secondary N) is 1. The zero-order chi connectivity index (χ0) is 22.3. The van der Waals surface area contributed by atoms with Crippen LogP contribution in [0.5, 0.6) is 5.75 Å². The van der Waals surface area contributed by atoms with Crippen LogP contribution < -0.4 is 10.1 Å². The lowest BCUT2D eigenvalue weighted by atomic mass is 9.78. The molecule has 0 bridgehead atoms. The van der Waals surface area contributed by atoms with Gasteiger partial charge in [0.05, 0.1) is 17.3 Å². The first-order valence-corrected chi connectivity index (χ1v) is 11.0. The number of hydrogen-bond acceptors (Lipinski definition) is 2. The van der Waals surface area contributed by atoms with Gasteiger partial charge in [0.2, 0.25) is 0 Å². The smallest absolute Gasteiger partial charge is 0.146 e. The molecular weight excluding hydrogens is 409 g/mol. The van der Waals surface area contributed by atoms with Gasteiger partial charge in [0.25, 0.3) is 0 Å². The first-order chi connectivity index (χ1) is 14.9. The Bertz CT molecular complexity index is 1020. The fraction of sp³-hybridized carbons (Fsp3) is 0.259. The highest BCUT2D eigenvalue weighted by molar-refractivity contribution is 6.32. The summed E-state index contributed by atoms with van der Waals surface area (Å²) in [5.74, 6) is 0.441. The van der Waals surface area contributed by atoms with Crippen molar-refractivity contribution < 1.29 is 9.13 Å². The molecule has 3 aromatic rings. The first kappa shape index (κ1) is 22.9. The number of para-hydroxylation sites is 1. The molecule has 0 aromatic heterocycles. The normalized spacial score (nSPS) is 12.8. The summed E-state index contributed by atoms with van der Waals surface area (Å²) in [6.07, 6.45) is 4.66. The average Bonchev–Trinajstić information content (AvgIpc) is 2.78. The molecule has 0 amide bonds. The minimum atomic E-state index is -0.257. The van der Waals surface area contributed by atoms with Gasteiger partial charge in [-0.1, -0.05) is 54.9 Å². The molecule has 1 atom stereocenters. The van der Waals surface area contributed by atoms with Crippen LogP contribution in [0.4, 0.5) is 15.8 Å². The van der Waals surface area contributed by atoms with Gasteiger partial charge in [-0.2, -0.15) is 0 Å². The highest BCUT2D eigenvalue weighted by Gasteiger charge is 2.23. The van der Waals surface area contributed by atoms with Gasteiger partial charge in [-0.05, 0) is 73.7 Å². The molecule has 4 heteroatoms. The molecule has 0 saturated heterocycles. The van der Waals surface area contributed by atoms with E-state index in [4.69, 9.17) is 16.3 Å². The molecule has 0 fully saturated rings. The quantitative estimate of drug-likeness (QED) is 0.323. The molecule has 0 saturated carbocycles. The molecule has 1 unspecified atom stereocenters. The number of allylic oxidation sites excluding steroid dienone is 1. The molecule has 3 rings (SSSR count). The summed E-state index contributed by atoms with van der Waals surface area (Å²) in [5.41, 5.74) is 3.36. The van der Waals surface area contributed by atoms with Crippen LogP contribution in [0.3, 0.4) is 0 Å². The Labute approximate surface area is 189 Å². The third kappa shape index (κ3) is 5.89. The van der Waals surface area contributed by atoms with Crippen molar-refractivity contribution in [1.82, 2.24) is 0 Å². The average molecular weight is 438 g/mol. The second-order valence-electron chi connectivity index (χ2n) is 7.86. The number of halogens is 2.